The SMILES string of the molecule is Nc1ccc(S(=O)(=O)Nc2ncnc3c2CCN(C2CCNCC2)C3)cc1S(=O)(=O)C(F)(F)F. The molecule has 1 fully saturated rings. The molecule has 1 aromatic heterocycles. The van der Waals surface area contributed by atoms with E-state index in [4.69, 9.17) is 5.73 Å². The quantitative estimate of drug-likeness (QED) is 0.496. The summed E-state index contributed by atoms with van der Waals surface area (Å²) < 4.78 is 90.8. The van der Waals surface area contributed by atoms with Crippen LogP contribution in [0.5, 0.6) is 0 Å². The van der Waals surface area contributed by atoms with E-state index < -0.39 is 40.8 Å². The van der Waals surface area contributed by atoms with Gasteiger partial charge in [0.15, 0.2) is 0 Å². The zero-order chi connectivity index (χ0) is 24.7. The zero-order valence-electron chi connectivity index (χ0n) is 17.8. The van der Waals surface area contributed by atoms with E-state index in [0.29, 0.717) is 42.9 Å². The van der Waals surface area contributed by atoms with Crippen molar-refractivity contribution in [3.8, 4) is 0 Å². The lowest BCUT2D eigenvalue weighted by Crippen LogP contribution is -2.45. The lowest BCUT2D eigenvalue weighted by atomic mass is 9.99. The molecule has 1 saturated heterocycles. The largest absolute Gasteiger partial charge is 0.501 e. The van der Waals surface area contributed by atoms with Crippen molar-refractivity contribution in [2.24, 2.45) is 0 Å². The predicted molar refractivity (Wildman–Crippen MR) is 117 cm³/mol. The molecule has 2 aliphatic heterocycles. The monoisotopic (exact) mass is 520 g/mol. The second-order valence-electron chi connectivity index (χ2n) is 8.10. The Labute approximate surface area is 194 Å². The van der Waals surface area contributed by atoms with E-state index in [2.05, 4.69) is 24.9 Å². The Hall–Kier alpha value is -2.49. The van der Waals surface area contributed by atoms with Gasteiger partial charge in [-0.25, -0.2) is 26.8 Å². The van der Waals surface area contributed by atoms with E-state index in [1.54, 1.807) is 0 Å². The minimum atomic E-state index is -5.85. The van der Waals surface area contributed by atoms with E-state index >= 15 is 0 Å². The Bertz CT molecular complexity index is 1300. The third kappa shape index (κ3) is 4.69. The molecule has 34 heavy (non-hydrogen) atoms. The molecule has 4 rings (SSSR count). The van der Waals surface area contributed by atoms with Gasteiger partial charge in [0.25, 0.3) is 19.9 Å². The summed E-state index contributed by atoms with van der Waals surface area (Å²) in [5.41, 5.74) is 0.315. The first-order chi connectivity index (χ1) is 15.9. The van der Waals surface area contributed by atoms with Crippen molar-refractivity contribution in [1.29, 1.82) is 0 Å². The highest BCUT2D eigenvalue weighted by Gasteiger charge is 2.48. The molecule has 15 heteroatoms. The van der Waals surface area contributed by atoms with E-state index in [0.717, 1.165) is 38.1 Å². The minimum absolute atomic E-state index is 0.00649. The fourth-order valence-electron chi connectivity index (χ4n) is 4.17. The molecule has 0 bridgehead atoms. The van der Waals surface area contributed by atoms with Crippen LogP contribution < -0.4 is 15.8 Å². The molecule has 0 spiro atoms. The first-order valence-electron chi connectivity index (χ1n) is 10.4. The van der Waals surface area contributed by atoms with Gasteiger partial charge in [-0.2, -0.15) is 13.2 Å². The number of nitrogens with one attached hydrogen (secondary N) is 2. The lowest BCUT2D eigenvalue weighted by Gasteiger charge is -2.37. The molecule has 0 atom stereocenters. The van der Waals surface area contributed by atoms with Crippen molar-refractivity contribution in [2.75, 3.05) is 30.1 Å². The van der Waals surface area contributed by atoms with Gasteiger partial charge in [0.2, 0.25) is 0 Å². The van der Waals surface area contributed by atoms with Crippen LogP contribution >= 0.6 is 0 Å². The van der Waals surface area contributed by atoms with E-state index in [1.165, 1.54) is 6.33 Å². The average Bonchev–Trinajstić information content (AvgIpc) is 2.78. The Morgan fingerprint density at radius 2 is 1.82 bits per heavy atom. The summed E-state index contributed by atoms with van der Waals surface area (Å²) in [6, 6.07) is 2.53. The molecule has 0 unspecified atom stereocenters. The topological polar surface area (TPSA) is 147 Å². The second kappa shape index (κ2) is 8.94. The summed E-state index contributed by atoms with van der Waals surface area (Å²) in [5.74, 6) is 0.00649. The van der Waals surface area contributed by atoms with Crippen LogP contribution in [0.4, 0.5) is 24.7 Å². The van der Waals surface area contributed by atoms with Gasteiger partial charge in [-0.15, -0.1) is 0 Å². The number of alkyl halides is 3. The fourth-order valence-corrected chi connectivity index (χ4v) is 6.22. The number of nitrogens with two attached hydrogens (primary N) is 1. The number of sulfonamides is 1. The normalized spacial score (nSPS) is 18.4. The number of nitrogens with zero attached hydrogens (tertiary/aromatic N) is 3. The molecule has 186 valence electrons. The molecule has 1 aromatic carbocycles. The third-order valence-electron chi connectivity index (χ3n) is 5.98. The van der Waals surface area contributed by atoms with Gasteiger partial charge in [0, 0.05) is 24.7 Å². The van der Waals surface area contributed by atoms with Gasteiger partial charge in [0.1, 0.15) is 17.0 Å². The van der Waals surface area contributed by atoms with Crippen LogP contribution in [0.1, 0.15) is 24.1 Å². The molecule has 2 aliphatic rings. The summed E-state index contributed by atoms with van der Waals surface area (Å²) >= 11 is 0. The number of aromatic nitrogens is 2. The highest BCUT2D eigenvalue weighted by atomic mass is 32.2. The Balaban J connectivity index is 1.61. The van der Waals surface area contributed by atoms with E-state index in [1.807, 2.05) is 0 Å². The molecule has 0 amide bonds. The smallest absolute Gasteiger partial charge is 0.398 e. The van der Waals surface area contributed by atoms with Crippen LogP contribution in [0.3, 0.4) is 0 Å². The van der Waals surface area contributed by atoms with Crippen LogP contribution in [0.2, 0.25) is 0 Å². The van der Waals surface area contributed by atoms with Crippen molar-refractivity contribution < 1.29 is 30.0 Å². The van der Waals surface area contributed by atoms with Gasteiger partial charge in [-0.05, 0) is 50.6 Å². The van der Waals surface area contributed by atoms with Gasteiger partial charge >= 0.3 is 5.51 Å². The number of piperidine rings is 1. The molecule has 10 nitrogen and oxygen atoms in total. The van der Waals surface area contributed by atoms with Crippen molar-refractivity contribution in [2.45, 2.75) is 47.1 Å². The summed E-state index contributed by atoms with van der Waals surface area (Å²) in [7, 11) is -10.3. The number of hydrogen-bond acceptors (Lipinski definition) is 9. The first-order valence-corrected chi connectivity index (χ1v) is 13.4. The number of fused-ring (bicyclic) bond motifs is 1. The molecule has 0 aliphatic carbocycles. The van der Waals surface area contributed by atoms with Crippen LogP contribution in [0.25, 0.3) is 0 Å². The zero-order valence-corrected chi connectivity index (χ0v) is 19.5. The van der Waals surface area contributed by atoms with Gasteiger partial charge in [-0.1, -0.05) is 0 Å². The highest BCUT2D eigenvalue weighted by Crippen LogP contribution is 2.35. The maximum Gasteiger partial charge on any atom is 0.501 e. The maximum atomic E-state index is 13.0. The molecular weight excluding hydrogens is 497 g/mol. The minimum Gasteiger partial charge on any atom is -0.398 e. The Morgan fingerprint density at radius 1 is 1.12 bits per heavy atom. The predicted octanol–water partition coefficient (Wildman–Crippen LogP) is 1.26. The number of sulfone groups is 1. The first kappa shape index (κ1) is 24.6. The van der Waals surface area contributed by atoms with Crippen LogP contribution in [0, 0.1) is 0 Å². The van der Waals surface area contributed by atoms with Gasteiger partial charge in [0.05, 0.1) is 16.3 Å². The lowest BCUT2D eigenvalue weighted by molar-refractivity contribution is -0.0435. The number of hydrogen-bond donors (Lipinski definition) is 3. The number of rotatable bonds is 5. The van der Waals surface area contributed by atoms with Crippen LogP contribution in [0.15, 0.2) is 34.3 Å². The Morgan fingerprint density at radius 3 is 2.50 bits per heavy atom. The van der Waals surface area contributed by atoms with Crippen LogP contribution in [-0.4, -0.2) is 62.9 Å². The fraction of sp³-hybridized carbons (Fsp3) is 0.474. The molecule has 0 radical (unpaired) electrons. The molecule has 0 saturated carbocycles. The standard InChI is InChI=1S/C19H23F3N6O4S2/c20-19(21,22)33(29,30)17-9-13(1-2-15(17)23)34(31,32)27-18-14-5-8-28(10-16(14)25-11-26-18)12-3-6-24-7-4-12/h1-2,9,11-12,24H,3-8,10,23H2,(H,25,26,27). The van der Waals surface area contributed by atoms with Crippen molar-refractivity contribution in [3.63, 3.8) is 0 Å². The third-order valence-corrected chi connectivity index (χ3v) is 8.86. The van der Waals surface area contributed by atoms with Crippen LogP contribution in [-0.2, 0) is 32.8 Å². The number of nitrogen functional groups attached to an aromatic ring is 1. The second-order valence-corrected chi connectivity index (χ2v) is 11.7. The molecule has 3 heterocycles. The number of anilines is 2. The highest BCUT2D eigenvalue weighted by molar-refractivity contribution is 7.93. The molecule has 2 aromatic rings. The van der Waals surface area contributed by atoms with Crippen molar-refractivity contribution in [1.82, 2.24) is 20.2 Å². The van der Waals surface area contributed by atoms with Gasteiger partial charge < -0.3 is 11.1 Å². The maximum absolute atomic E-state index is 13.0. The van der Waals surface area contributed by atoms with Gasteiger partial charge in [-0.3, -0.25) is 9.62 Å². The van der Waals surface area contributed by atoms with E-state index in [-0.39, 0.29) is 5.82 Å². The van der Waals surface area contributed by atoms with E-state index in [9.17, 15) is 30.0 Å². The molecular formula is C19H23F3N6O4S2. The number of benzene rings is 1. The summed E-state index contributed by atoms with van der Waals surface area (Å²) in [4.78, 5) is 8.58. The molecule has 4 N–H and O–H groups in total. The number of halogens is 3. The average molecular weight is 521 g/mol. The van der Waals surface area contributed by atoms with Crippen molar-refractivity contribution in [3.05, 3.63) is 35.8 Å². The summed E-state index contributed by atoms with van der Waals surface area (Å²) in [6.45, 7) is 3.05. The Kier molecular flexibility index (Phi) is 6.48. The summed E-state index contributed by atoms with van der Waals surface area (Å²) in [5, 5.41) is 3.31. The van der Waals surface area contributed by atoms with Crippen molar-refractivity contribution >= 4 is 31.4 Å². The summed E-state index contributed by atoms with van der Waals surface area (Å²) in [6.07, 6.45) is 3.69.